The van der Waals surface area contributed by atoms with Crippen molar-refractivity contribution in [2.24, 2.45) is 10.7 Å². The molecule has 8 heteroatoms. The predicted molar refractivity (Wildman–Crippen MR) is 116 cm³/mol. The molecule has 0 saturated carbocycles. The number of aryl methyl sites for hydroxylation is 1. The van der Waals surface area contributed by atoms with Crippen LogP contribution < -0.4 is 20.5 Å². The normalized spacial score (nSPS) is 14.0. The average Bonchev–Trinajstić information content (AvgIpc) is 3.25. The van der Waals surface area contributed by atoms with Gasteiger partial charge in [-0.05, 0) is 31.2 Å². The number of fused-ring (bicyclic) bond motifs is 1. The van der Waals surface area contributed by atoms with Crippen molar-refractivity contribution < 1.29 is 9.47 Å². The maximum absolute atomic E-state index is 6.04. The summed E-state index contributed by atoms with van der Waals surface area (Å²) in [5.41, 5.74) is 7.93. The Bertz CT molecular complexity index is 980. The second-order valence-corrected chi connectivity index (χ2v) is 8.60. The number of thiazole rings is 1. The quantitative estimate of drug-likeness (QED) is 0.480. The van der Waals surface area contributed by atoms with E-state index in [1.54, 1.807) is 22.7 Å². The van der Waals surface area contributed by atoms with Crippen molar-refractivity contribution in [2.75, 3.05) is 25.1 Å². The van der Waals surface area contributed by atoms with Crippen molar-refractivity contribution in [3.8, 4) is 22.1 Å². The van der Waals surface area contributed by atoms with Gasteiger partial charge in [0.05, 0.1) is 28.8 Å². The summed E-state index contributed by atoms with van der Waals surface area (Å²) in [5.74, 6) is 1.89. The van der Waals surface area contributed by atoms with E-state index in [9.17, 15) is 0 Å². The number of ether oxygens (including phenoxy) is 2. The first-order valence-corrected chi connectivity index (χ1v) is 10.8. The number of hydrogen-bond acceptors (Lipinski definition) is 6. The van der Waals surface area contributed by atoms with E-state index in [-0.39, 0.29) is 0 Å². The lowest BCUT2D eigenvalue weighted by Gasteiger charge is -2.10. The summed E-state index contributed by atoms with van der Waals surface area (Å²) in [4.78, 5) is 11.4. The fourth-order valence-corrected chi connectivity index (χ4v) is 4.49. The monoisotopic (exact) mass is 414 g/mol. The van der Waals surface area contributed by atoms with Crippen molar-refractivity contribution in [2.45, 2.75) is 19.8 Å². The fraction of sp³-hybridized carbons (Fsp3) is 0.300. The molecule has 0 spiro atoms. The highest BCUT2D eigenvalue weighted by molar-refractivity contribution is 7.16. The molecule has 146 valence electrons. The van der Waals surface area contributed by atoms with Crippen LogP contribution >= 0.6 is 22.7 Å². The minimum absolute atomic E-state index is 0.390. The van der Waals surface area contributed by atoms with Crippen LogP contribution in [-0.4, -0.2) is 30.7 Å². The number of anilines is 1. The van der Waals surface area contributed by atoms with E-state index in [1.807, 2.05) is 25.1 Å². The molecule has 1 aliphatic rings. The Balaban J connectivity index is 1.33. The molecule has 0 atom stereocenters. The summed E-state index contributed by atoms with van der Waals surface area (Å²) in [6.07, 6.45) is 1.73. The smallest absolute Gasteiger partial charge is 0.193 e. The Morgan fingerprint density at radius 2 is 2.07 bits per heavy atom. The minimum Gasteiger partial charge on any atom is -0.490 e. The molecule has 3 N–H and O–H groups in total. The second kappa shape index (κ2) is 8.62. The van der Waals surface area contributed by atoms with Gasteiger partial charge in [-0.15, -0.1) is 22.7 Å². The summed E-state index contributed by atoms with van der Waals surface area (Å²) < 4.78 is 11.3. The van der Waals surface area contributed by atoms with Crippen LogP contribution in [0.2, 0.25) is 0 Å². The Labute approximate surface area is 172 Å². The number of thiophene rings is 1. The lowest BCUT2D eigenvalue weighted by molar-refractivity contribution is 0.297. The standard InChI is InChI=1S/C20H22N4O2S2/c1-13-23-16(12-27-13)19-6-4-15(28-19)7-8-22-20(21)24-14-3-5-17-18(11-14)26-10-2-9-25-17/h3-6,11-12H,2,7-10H2,1H3,(H3,21,22,24). The maximum atomic E-state index is 6.04. The molecule has 0 fully saturated rings. The minimum atomic E-state index is 0.390. The van der Waals surface area contributed by atoms with E-state index in [0.29, 0.717) is 25.7 Å². The highest BCUT2D eigenvalue weighted by Gasteiger charge is 2.11. The van der Waals surface area contributed by atoms with Gasteiger partial charge in [-0.3, -0.25) is 4.99 Å². The molecule has 28 heavy (non-hydrogen) atoms. The van der Waals surface area contributed by atoms with E-state index in [0.717, 1.165) is 40.7 Å². The van der Waals surface area contributed by atoms with Crippen molar-refractivity contribution in [1.29, 1.82) is 0 Å². The molecule has 0 unspecified atom stereocenters. The first-order chi connectivity index (χ1) is 13.7. The molecule has 4 rings (SSSR count). The number of nitrogens with two attached hydrogens (primary N) is 1. The van der Waals surface area contributed by atoms with Gasteiger partial charge < -0.3 is 20.5 Å². The van der Waals surface area contributed by atoms with Gasteiger partial charge in [0.1, 0.15) is 0 Å². The lowest BCUT2D eigenvalue weighted by Crippen LogP contribution is -2.23. The zero-order chi connectivity index (χ0) is 19.3. The third-order valence-corrected chi connectivity index (χ3v) is 6.13. The molecule has 3 aromatic rings. The lowest BCUT2D eigenvalue weighted by atomic mass is 10.3. The molecule has 0 saturated heterocycles. The average molecular weight is 415 g/mol. The van der Waals surface area contributed by atoms with Crippen LogP contribution in [0.25, 0.3) is 10.6 Å². The topological polar surface area (TPSA) is 81.8 Å². The highest BCUT2D eigenvalue weighted by Crippen LogP contribution is 2.32. The molecule has 6 nitrogen and oxygen atoms in total. The Kier molecular flexibility index (Phi) is 5.78. The maximum Gasteiger partial charge on any atom is 0.193 e. The van der Waals surface area contributed by atoms with Gasteiger partial charge in [0, 0.05) is 41.4 Å². The molecule has 1 aliphatic heterocycles. The van der Waals surface area contributed by atoms with Crippen LogP contribution in [-0.2, 0) is 6.42 Å². The largest absolute Gasteiger partial charge is 0.490 e. The number of hydrogen-bond donors (Lipinski definition) is 2. The number of guanidine groups is 1. The van der Waals surface area contributed by atoms with Crippen LogP contribution in [0.4, 0.5) is 5.69 Å². The highest BCUT2D eigenvalue weighted by atomic mass is 32.1. The Hall–Kier alpha value is -2.58. The van der Waals surface area contributed by atoms with Gasteiger partial charge >= 0.3 is 0 Å². The van der Waals surface area contributed by atoms with Gasteiger partial charge in [0.25, 0.3) is 0 Å². The number of aliphatic imine (C=N–C) groups is 1. The first kappa shape index (κ1) is 18.8. The molecule has 1 aromatic carbocycles. The number of benzene rings is 1. The summed E-state index contributed by atoms with van der Waals surface area (Å²) in [5, 5.41) is 6.30. The van der Waals surface area contributed by atoms with Crippen LogP contribution in [0.3, 0.4) is 0 Å². The molecular weight excluding hydrogens is 392 g/mol. The Morgan fingerprint density at radius 3 is 2.89 bits per heavy atom. The van der Waals surface area contributed by atoms with Gasteiger partial charge in [0.15, 0.2) is 17.5 Å². The summed E-state index contributed by atoms with van der Waals surface area (Å²) in [6, 6.07) is 9.96. The number of rotatable bonds is 5. The van der Waals surface area contributed by atoms with E-state index in [1.165, 1.54) is 9.75 Å². The predicted octanol–water partition coefficient (Wildman–Crippen LogP) is 4.31. The Morgan fingerprint density at radius 1 is 1.21 bits per heavy atom. The molecule has 0 bridgehead atoms. The van der Waals surface area contributed by atoms with Crippen molar-refractivity contribution in [3.05, 3.63) is 45.6 Å². The van der Waals surface area contributed by atoms with Gasteiger partial charge in [0.2, 0.25) is 0 Å². The molecule has 0 aliphatic carbocycles. The zero-order valence-corrected chi connectivity index (χ0v) is 17.2. The summed E-state index contributed by atoms with van der Waals surface area (Å²) in [6.45, 7) is 3.98. The van der Waals surface area contributed by atoms with Gasteiger partial charge in [-0.2, -0.15) is 0 Å². The SMILES string of the molecule is Cc1nc(-c2ccc(CCN=C(N)Nc3ccc4c(c3)OCCCO4)s2)cs1. The van der Waals surface area contributed by atoms with Crippen molar-refractivity contribution in [1.82, 2.24) is 4.98 Å². The van der Waals surface area contributed by atoms with Crippen LogP contribution in [0, 0.1) is 6.92 Å². The van der Waals surface area contributed by atoms with E-state index >= 15 is 0 Å². The van der Waals surface area contributed by atoms with Crippen LogP contribution in [0.1, 0.15) is 16.3 Å². The van der Waals surface area contributed by atoms with E-state index in [4.69, 9.17) is 15.2 Å². The molecule has 0 amide bonds. The van der Waals surface area contributed by atoms with E-state index in [2.05, 4.69) is 32.8 Å². The number of aromatic nitrogens is 1. The third-order valence-electron chi connectivity index (χ3n) is 4.19. The zero-order valence-electron chi connectivity index (χ0n) is 15.6. The fourth-order valence-electron chi connectivity index (χ4n) is 2.84. The molecule has 2 aromatic heterocycles. The van der Waals surface area contributed by atoms with Crippen molar-refractivity contribution >= 4 is 34.3 Å². The van der Waals surface area contributed by atoms with Gasteiger partial charge in [-0.25, -0.2) is 4.98 Å². The number of nitrogens with one attached hydrogen (secondary N) is 1. The second-order valence-electron chi connectivity index (χ2n) is 6.37. The number of nitrogens with zero attached hydrogens (tertiary/aromatic N) is 2. The van der Waals surface area contributed by atoms with E-state index < -0.39 is 0 Å². The molecular formula is C20H22N4O2S2. The van der Waals surface area contributed by atoms with Gasteiger partial charge in [-0.1, -0.05) is 0 Å². The molecule has 0 radical (unpaired) electrons. The van der Waals surface area contributed by atoms with Crippen LogP contribution in [0.5, 0.6) is 11.5 Å². The van der Waals surface area contributed by atoms with Crippen molar-refractivity contribution in [3.63, 3.8) is 0 Å². The molecule has 3 heterocycles. The first-order valence-electron chi connectivity index (χ1n) is 9.15. The summed E-state index contributed by atoms with van der Waals surface area (Å²) >= 11 is 3.43. The van der Waals surface area contributed by atoms with Crippen LogP contribution in [0.15, 0.2) is 40.7 Å². The summed E-state index contributed by atoms with van der Waals surface area (Å²) in [7, 11) is 0. The third kappa shape index (κ3) is 4.63.